The van der Waals surface area contributed by atoms with E-state index in [0.29, 0.717) is 23.9 Å². The number of allylic oxidation sites excluding steroid dienone is 2. The van der Waals surface area contributed by atoms with Crippen LogP contribution in [-0.2, 0) is 4.79 Å². The highest BCUT2D eigenvalue weighted by molar-refractivity contribution is 5.85. The molecular formula is C15H23ClN2O. The van der Waals surface area contributed by atoms with Crippen molar-refractivity contribution in [3.8, 4) is 0 Å². The molecule has 2 bridgehead atoms. The Hall–Kier alpha value is -0.540. The molecule has 4 rings (SSSR count). The third-order valence-electron chi connectivity index (χ3n) is 5.61. The van der Waals surface area contributed by atoms with Crippen molar-refractivity contribution in [3.05, 3.63) is 12.2 Å². The predicted octanol–water partition coefficient (Wildman–Crippen LogP) is 1.97. The normalized spacial score (nSPS) is 42.5. The molecule has 1 aliphatic carbocycles. The van der Waals surface area contributed by atoms with Crippen LogP contribution in [0.4, 0.5) is 0 Å². The molecule has 0 aromatic heterocycles. The maximum Gasteiger partial charge on any atom is 0.223 e. The van der Waals surface area contributed by atoms with Crippen molar-refractivity contribution >= 4 is 18.3 Å². The Morgan fingerprint density at radius 2 is 1.84 bits per heavy atom. The van der Waals surface area contributed by atoms with Crippen molar-refractivity contribution < 1.29 is 4.79 Å². The summed E-state index contributed by atoms with van der Waals surface area (Å²) < 4.78 is 0. The standard InChI is InChI=1S/C15H22N2O.ClH/c18-15(7-10-3-1-2-4-10)17-13-5-6-14(17)12-9-16-8-11(12)13;/h1,3,10-14,16H,2,4-9H2;1H/t10?,11-,12+,13-,14+;. The van der Waals surface area contributed by atoms with Crippen molar-refractivity contribution in [1.29, 1.82) is 0 Å². The highest BCUT2D eigenvalue weighted by Crippen LogP contribution is 2.47. The summed E-state index contributed by atoms with van der Waals surface area (Å²) >= 11 is 0. The van der Waals surface area contributed by atoms with Gasteiger partial charge >= 0.3 is 0 Å². The van der Waals surface area contributed by atoms with Gasteiger partial charge in [0.25, 0.3) is 0 Å². The Morgan fingerprint density at radius 1 is 1.16 bits per heavy atom. The lowest BCUT2D eigenvalue weighted by atomic mass is 9.82. The van der Waals surface area contributed by atoms with E-state index in [0.717, 1.165) is 31.3 Å². The molecule has 0 aromatic carbocycles. The van der Waals surface area contributed by atoms with E-state index < -0.39 is 0 Å². The van der Waals surface area contributed by atoms with Crippen LogP contribution in [-0.4, -0.2) is 36.0 Å². The van der Waals surface area contributed by atoms with Gasteiger partial charge in [-0.25, -0.2) is 0 Å². The largest absolute Gasteiger partial charge is 0.336 e. The summed E-state index contributed by atoms with van der Waals surface area (Å²) in [4.78, 5) is 14.9. The SMILES string of the molecule is Cl.O=C(CC1C=CCC1)N1[C@@H]2CC[C@H]1[C@H]1CNC[C@H]12. The van der Waals surface area contributed by atoms with Gasteiger partial charge in [-0.1, -0.05) is 12.2 Å². The fourth-order valence-electron chi connectivity index (χ4n) is 4.83. The molecule has 0 radical (unpaired) electrons. The van der Waals surface area contributed by atoms with Gasteiger partial charge in [-0.3, -0.25) is 4.79 Å². The molecule has 3 nitrogen and oxygen atoms in total. The minimum absolute atomic E-state index is 0. The van der Waals surface area contributed by atoms with Crippen LogP contribution >= 0.6 is 12.4 Å². The molecule has 106 valence electrons. The minimum atomic E-state index is 0. The Bertz CT molecular complexity index is 380. The van der Waals surface area contributed by atoms with E-state index in [-0.39, 0.29) is 12.4 Å². The van der Waals surface area contributed by atoms with Crippen molar-refractivity contribution in [2.24, 2.45) is 17.8 Å². The van der Waals surface area contributed by atoms with E-state index in [2.05, 4.69) is 22.4 Å². The topological polar surface area (TPSA) is 32.3 Å². The van der Waals surface area contributed by atoms with E-state index in [1.807, 2.05) is 0 Å². The molecule has 1 unspecified atom stereocenters. The number of hydrogen-bond acceptors (Lipinski definition) is 2. The van der Waals surface area contributed by atoms with Crippen molar-refractivity contribution in [1.82, 2.24) is 10.2 Å². The maximum atomic E-state index is 12.6. The molecule has 0 saturated carbocycles. The second kappa shape index (κ2) is 5.10. The van der Waals surface area contributed by atoms with Crippen LogP contribution in [0, 0.1) is 17.8 Å². The number of rotatable bonds is 2. The summed E-state index contributed by atoms with van der Waals surface area (Å²) in [6.45, 7) is 2.28. The lowest BCUT2D eigenvalue weighted by molar-refractivity contribution is -0.133. The summed E-state index contributed by atoms with van der Waals surface area (Å²) in [5.74, 6) is 2.47. The highest BCUT2D eigenvalue weighted by atomic mass is 35.5. The van der Waals surface area contributed by atoms with Gasteiger partial charge in [-0.05, 0) is 43.4 Å². The molecule has 0 spiro atoms. The van der Waals surface area contributed by atoms with E-state index >= 15 is 0 Å². The van der Waals surface area contributed by atoms with Gasteiger partial charge in [0, 0.05) is 31.6 Å². The van der Waals surface area contributed by atoms with Crippen molar-refractivity contribution in [2.45, 2.75) is 44.2 Å². The number of carbonyl (C=O) groups is 1. The minimum Gasteiger partial charge on any atom is -0.336 e. The fraction of sp³-hybridized carbons (Fsp3) is 0.800. The molecule has 1 N–H and O–H groups in total. The first-order chi connectivity index (χ1) is 8.84. The van der Waals surface area contributed by atoms with Gasteiger partial charge in [-0.2, -0.15) is 0 Å². The molecule has 3 fully saturated rings. The first-order valence-electron chi connectivity index (χ1n) is 7.53. The number of fused-ring (bicyclic) bond motifs is 5. The van der Waals surface area contributed by atoms with Crippen LogP contribution in [0.2, 0.25) is 0 Å². The van der Waals surface area contributed by atoms with Crippen molar-refractivity contribution in [2.75, 3.05) is 13.1 Å². The molecule has 3 aliphatic heterocycles. The predicted molar refractivity (Wildman–Crippen MR) is 77.2 cm³/mol. The van der Waals surface area contributed by atoms with Crippen molar-refractivity contribution in [3.63, 3.8) is 0 Å². The quantitative estimate of drug-likeness (QED) is 0.786. The third-order valence-corrected chi connectivity index (χ3v) is 5.61. The van der Waals surface area contributed by atoms with Crippen LogP contribution in [0.3, 0.4) is 0 Å². The van der Waals surface area contributed by atoms with E-state index in [1.165, 1.54) is 25.7 Å². The Morgan fingerprint density at radius 3 is 2.42 bits per heavy atom. The molecule has 0 aromatic rings. The number of halogens is 1. The average Bonchev–Trinajstić information content (AvgIpc) is 3.11. The average molecular weight is 283 g/mol. The summed E-state index contributed by atoms with van der Waals surface area (Å²) in [5, 5.41) is 3.51. The summed E-state index contributed by atoms with van der Waals surface area (Å²) in [5.41, 5.74) is 0. The molecule has 19 heavy (non-hydrogen) atoms. The van der Waals surface area contributed by atoms with Crippen LogP contribution in [0.25, 0.3) is 0 Å². The van der Waals surface area contributed by atoms with Crippen LogP contribution in [0.5, 0.6) is 0 Å². The number of carbonyl (C=O) groups excluding carboxylic acids is 1. The lowest BCUT2D eigenvalue weighted by Gasteiger charge is -2.25. The second-order valence-electron chi connectivity index (χ2n) is 6.47. The number of amides is 1. The zero-order chi connectivity index (χ0) is 12.1. The van der Waals surface area contributed by atoms with E-state index in [1.54, 1.807) is 0 Å². The molecule has 4 heteroatoms. The zero-order valence-electron chi connectivity index (χ0n) is 11.3. The molecule has 5 atom stereocenters. The molecule has 1 amide bonds. The van der Waals surface area contributed by atoms with Crippen LogP contribution in [0.15, 0.2) is 12.2 Å². The Kier molecular flexibility index (Phi) is 3.61. The Labute approximate surface area is 121 Å². The molecule has 3 heterocycles. The van der Waals surface area contributed by atoms with Gasteiger partial charge in [0.1, 0.15) is 0 Å². The number of hydrogen-bond donors (Lipinski definition) is 1. The van der Waals surface area contributed by atoms with Gasteiger partial charge in [0.2, 0.25) is 5.91 Å². The van der Waals surface area contributed by atoms with Gasteiger partial charge < -0.3 is 10.2 Å². The van der Waals surface area contributed by atoms with Gasteiger partial charge in [0.05, 0.1) is 0 Å². The smallest absolute Gasteiger partial charge is 0.223 e. The summed E-state index contributed by atoms with van der Waals surface area (Å²) in [7, 11) is 0. The van der Waals surface area contributed by atoms with Gasteiger partial charge in [0.15, 0.2) is 0 Å². The molecular weight excluding hydrogens is 260 g/mol. The second-order valence-corrected chi connectivity index (χ2v) is 6.47. The van der Waals surface area contributed by atoms with Crippen LogP contribution < -0.4 is 5.32 Å². The first-order valence-corrected chi connectivity index (χ1v) is 7.53. The summed E-state index contributed by atoms with van der Waals surface area (Å²) in [6.07, 6.45) is 10.1. The summed E-state index contributed by atoms with van der Waals surface area (Å²) in [6, 6.07) is 1.13. The molecule has 4 aliphatic rings. The van der Waals surface area contributed by atoms with E-state index in [4.69, 9.17) is 0 Å². The third kappa shape index (κ3) is 2.02. The molecule has 3 saturated heterocycles. The highest BCUT2D eigenvalue weighted by Gasteiger charge is 2.55. The number of nitrogens with zero attached hydrogens (tertiary/aromatic N) is 1. The first kappa shape index (κ1) is 13.4. The Balaban J connectivity index is 0.00000110. The van der Waals surface area contributed by atoms with Crippen LogP contribution in [0.1, 0.15) is 32.1 Å². The van der Waals surface area contributed by atoms with E-state index in [9.17, 15) is 4.79 Å². The zero-order valence-corrected chi connectivity index (χ0v) is 12.1. The van der Waals surface area contributed by atoms with Gasteiger partial charge in [-0.15, -0.1) is 12.4 Å². The maximum absolute atomic E-state index is 12.6. The monoisotopic (exact) mass is 282 g/mol. The lowest BCUT2D eigenvalue weighted by Crippen LogP contribution is -2.39. The fourth-order valence-corrected chi connectivity index (χ4v) is 4.83. The number of nitrogens with one attached hydrogen (secondary N) is 1.